The van der Waals surface area contributed by atoms with E-state index in [-0.39, 0.29) is 6.42 Å². The lowest BCUT2D eigenvalue weighted by molar-refractivity contribution is -0.117. The number of anilines is 2. The fourth-order valence-electron chi connectivity index (χ4n) is 3.47. The minimum atomic E-state index is -2.79. The largest absolute Gasteiger partial charge is 0.344 e. The molecule has 166 valence electrons. The van der Waals surface area contributed by atoms with Gasteiger partial charge in [-0.15, -0.1) is 0 Å². The van der Waals surface area contributed by atoms with Gasteiger partial charge in [0.15, 0.2) is 5.82 Å². The first-order chi connectivity index (χ1) is 15.9. The van der Waals surface area contributed by atoms with Crippen LogP contribution >= 0.6 is 0 Å². The molecule has 2 aromatic heterocycles. The molecule has 1 fully saturated rings. The van der Waals surface area contributed by atoms with Crippen molar-refractivity contribution in [3.8, 4) is 11.4 Å². The summed E-state index contributed by atoms with van der Waals surface area (Å²) in [6.07, 6.45) is 4.28. The number of nitrogens with one attached hydrogen (secondary N) is 3. The van der Waals surface area contributed by atoms with Crippen LogP contribution in [0.15, 0.2) is 60.8 Å². The van der Waals surface area contributed by atoms with Gasteiger partial charge in [0, 0.05) is 40.9 Å². The van der Waals surface area contributed by atoms with E-state index in [1.54, 1.807) is 12.3 Å². The average Bonchev–Trinajstić information content (AvgIpc) is 3.16. The van der Waals surface area contributed by atoms with Gasteiger partial charge in [-0.05, 0) is 42.8 Å². The van der Waals surface area contributed by atoms with E-state index in [4.69, 9.17) is 0 Å². The van der Waals surface area contributed by atoms with E-state index in [9.17, 15) is 13.6 Å². The zero-order chi connectivity index (χ0) is 23.0. The lowest BCUT2D eigenvalue weighted by Crippen LogP contribution is -2.27. The van der Waals surface area contributed by atoms with Crippen molar-refractivity contribution in [2.75, 3.05) is 5.32 Å². The Morgan fingerprint density at radius 3 is 2.85 bits per heavy atom. The quantitative estimate of drug-likeness (QED) is 0.376. The van der Waals surface area contributed by atoms with Crippen LogP contribution in [-0.4, -0.2) is 38.0 Å². The van der Waals surface area contributed by atoms with E-state index in [1.807, 2.05) is 55.5 Å². The second-order valence-electron chi connectivity index (χ2n) is 8.00. The molecule has 1 atom stereocenters. The second-order valence-corrected chi connectivity index (χ2v) is 8.00. The van der Waals surface area contributed by atoms with Gasteiger partial charge < -0.3 is 10.6 Å². The van der Waals surface area contributed by atoms with E-state index >= 15 is 0 Å². The van der Waals surface area contributed by atoms with Crippen molar-refractivity contribution in [1.82, 2.24) is 25.5 Å². The molecule has 0 radical (unpaired) electrons. The Morgan fingerprint density at radius 2 is 2.03 bits per heavy atom. The van der Waals surface area contributed by atoms with Gasteiger partial charge in [0.2, 0.25) is 5.91 Å². The molecule has 33 heavy (non-hydrogen) atoms. The van der Waals surface area contributed by atoms with Crippen molar-refractivity contribution >= 4 is 34.4 Å². The lowest BCUT2D eigenvalue weighted by Gasteiger charge is -2.09. The highest BCUT2D eigenvalue weighted by atomic mass is 19.3. The number of benzene rings is 2. The molecule has 0 spiro atoms. The highest BCUT2D eigenvalue weighted by molar-refractivity contribution is 5.92. The summed E-state index contributed by atoms with van der Waals surface area (Å²) < 4.78 is 25.9. The number of fused-ring (bicyclic) bond motifs is 1. The number of H-pyrrole nitrogens is 1. The van der Waals surface area contributed by atoms with Crippen LogP contribution < -0.4 is 10.6 Å². The maximum Gasteiger partial charge on any atom is 0.270 e. The molecular formula is C24H20F2N6O. The number of aryl methyl sites for hydroxylation is 1. The molecule has 0 aliphatic heterocycles. The molecular weight excluding hydrogens is 426 g/mol. The van der Waals surface area contributed by atoms with Gasteiger partial charge in [-0.3, -0.25) is 9.89 Å². The Morgan fingerprint density at radius 1 is 1.18 bits per heavy atom. The Labute approximate surface area is 188 Å². The van der Waals surface area contributed by atoms with E-state index in [1.165, 1.54) is 6.08 Å². The Hall–Kier alpha value is -4.14. The zero-order valence-electron chi connectivity index (χ0n) is 17.6. The van der Waals surface area contributed by atoms with Crippen LogP contribution in [-0.2, 0) is 4.79 Å². The molecule has 1 unspecified atom stereocenters. The highest BCUT2D eigenvalue weighted by Crippen LogP contribution is 2.41. The summed E-state index contributed by atoms with van der Waals surface area (Å²) in [6.45, 7) is 1.89. The first-order valence-corrected chi connectivity index (χ1v) is 10.4. The predicted molar refractivity (Wildman–Crippen MR) is 122 cm³/mol. The molecule has 4 aromatic rings. The van der Waals surface area contributed by atoms with Crippen LogP contribution in [0.25, 0.3) is 28.4 Å². The Bertz CT molecular complexity index is 1380. The smallest absolute Gasteiger partial charge is 0.270 e. The molecule has 1 saturated carbocycles. The predicted octanol–water partition coefficient (Wildman–Crippen LogP) is 4.61. The van der Waals surface area contributed by atoms with E-state index in [0.717, 1.165) is 33.4 Å². The summed E-state index contributed by atoms with van der Waals surface area (Å²) in [7, 11) is 0. The fraction of sp³-hybridized carbons (Fsp3) is 0.167. The van der Waals surface area contributed by atoms with Gasteiger partial charge in [-0.25, -0.2) is 18.7 Å². The number of nitrogens with zero attached hydrogens (tertiary/aromatic N) is 3. The molecule has 5 rings (SSSR count). The van der Waals surface area contributed by atoms with Gasteiger partial charge >= 0.3 is 0 Å². The van der Waals surface area contributed by atoms with E-state index in [2.05, 4.69) is 30.8 Å². The van der Waals surface area contributed by atoms with Gasteiger partial charge in [-0.1, -0.05) is 18.2 Å². The number of alkyl halides is 2. The normalized spacial score (nSPS) is 16.8. The van der Waals surface area contributed by atoms with Crippen molar-refractivity contribution in [3.63, 3.8) is 0 Å². The second kappa shape index (κ2) is 8.09. The third-order valence-corrected chi connectivity index (χ3v) is 5.28. The monoisotopic (exact) mass is 446 g/mol. The molecule has 1 amide bonds. The maximum atomic E-state index is 13.0. The van der Waals surface area contributed by atoms with Crippen LogP contribution in [0.5, 0.6) is 0 Å². The summed E-state index contributed by atoms with van der Waals surface area (Å²) in [5.41, 5.74) is 4.11. The number of halogens is 2. The number of rotatable bonds is 6. The summed E-state index contributed by atoms with van der Waals surface area (Å²) in [5.74, 6) is -2.16. The molecule has 2 aromatic carbocycles. The molecule has 0 bridgehead atoms. The lowest BCUT2D eigenvalue weighted by atomic mass is 10.1. The fourth-order valence-corrected chi connectivity index (χ4v) is 3.47. The third-order valence-electron chi connectivity index (χ3n) is 5.28. The first kappa shape index (κ1) is 20.7. The Balaban J connectivity index is 1.34. The van der Waals surface area contributed by atoms with Gasteiger partial charge in [0.25, 0.3) is 5.92 Å². The van der Waals surface area contributed by atoms with Gasteiger partial charge in [-0.2, -0.15) is 5.10 Å². The number of hydrogen-bond donors (Lipinski definition) is 3. The van der Waals surface area contributed by atoms with Gasteiger partial charge in [0.05, 0.1) is 17.8 Å². The molecule has 0 saturated heterocycles. The maximum absolute atomic E-state index is 13.0. The summed E-state index contributed by atoms with van der Waals surface area (Å²) >= 11 is 0. The van der Waals surface area contributed by atoms with Crippen LogP contribution in [0.3, 0.4) is 0 Å². The van der Waals surface area contributed by atoms with Crippen molar-refractivity contribution in [3.05, 3.63) is 72.1 Å². The molecule has 9 heteroatoms. The minimum Gasteiger partial charge on any atom is -0.344 e. The highest BCUT2D eigenvalue weighted by Gasteiger charge is 2.57. The van der Waals surface area contributed by atoms with Crippen molar-refractivity contribution in [1.29, 1.82) is 0 Å². The third kappa shape index (κ3) is 4.72. The van der Waals surface area contributed by atoms with Crippen molar-refractivity contribution in [2.24, 2.45) is 0 Å². The Kier molecular flexibility index (Phi) is 5.08. The molecule has 1 aliphatic carbocycles. The van der Waals surface area contributed by atoms with Crippen molar-refractivity contribution in [2.45, 2.75) is 25.3 Å². The number of aromatic amines is 1. The SMILES string of the molecule is Cc1cc(Nc2ccc3[nH]ncc3c2)nc(-c2cccc(/C=C/C(=O)NC3CC3(F)F)c2)n1. The van der Waals surface area contributed by atoms with Gasteiger partial charge in [0.1, 0.15) is 5.82 Å². The van der Waals surface area contributed by atoms with Crippen LogP contribution in [0.2, 0.25) is 0 Å². The van der Waals surface area contributed by atoms with E-state index in [0.29, 0.717) is 11.6 Å². The van der Waals surface area contributed by atoms with Crippen LogP contribution in [0.1, 0.15) is 17.7 Å². The van der Waals surface area contributed by atoms with Crippen molar-refractivity contribution < 1.29 is 13.6 Å². The topological polar surface area (TPSA) is 95.6 Å². The average molecular weight is 446 g/mol. The molecule has 3 N–H and O–H groups in total. The molecule has 2 heterocycles. The summed E-state index contributed by atoms with van der Waals surface area (Å²) in [6, 6.07) is 14.0. The van der Waals surface area contributed by atoms with Crippen LogP contribution in [0.4, 0.5) is 20.3 Å². The standard InChI is InChI=1S/C24H20F2N6O/c1-14-9-21(29-18-6-7-19-17(11-18)13-27-32-19)31-23(28-14)16-4-2-3-15(10-16)5-8-22(33)30-20-12-24(20,25)26/h2-11,13,20H,12H2,1H3,(H,27,32)(H,30,33)(H,28,29,31)/b8-5+. The van der Waals surface area contributed by atoms with Crippen LogP contribution in [0, 0.1) is 6.92 Å². The molecule has 1 aliphatic rings. The number of hydrogen-bond acceptors (Lipinski definition) is 5. The zero-order valence-corrected chi connectivity index (χ0v) is 17.6. The number of carbonyl (C=O) groups excluding carboxylic acids is 1. The minimum absolute atomic E-state index is 0.306. The molecule has 7 nitrogen and oxygen atoms in total. The summed E-state index contributed by atoms with van der Waals surface area (Å²) in [5, 5.41) is 13.5. The number of amides is 1. The van der Waals surface area contributed by atoms with E-state index < -0.39 is 17.9 Å². The summed E-state index contributed by atoms with van der Waals surface area (Å²) in [4.78, 5) is 21.0. The first-order valence-electron chi connectivity index (χ1n) is 10.4. The number of aromatic nitrogens is 4. The number of carbonyl (C=O) groups is 1.